The molecule has 3 unspecified atom stereocenters. The zero-order valence-corrected chi connectivity index (χ0v) is 11.4. The topological polar surface area (TPSA) is 21.3 Å². The minimum absolute atomic E-state index is 0.155. The number of aryl methyl sites for hydroxylation is 1. The predicted molar refractivity (Wildman–Crippen MR) is 71.1 cm³/mol. The van der Waals surface area contributed by atoms with Gasteiger partial charge in [0, 0.05) is 18.6 Å². The Labute approximate surface area is 109 Å². The Morgan fingerprint density at radius 1 is 1.44 bits per heavy atom. The molecule has 0 spiro atoms. The fourth-order valence-corrected chi connectivity index (χ4v) is 3.04. The van der Waals surface area contributed by atoms with Crippen molar-refractivity contribution in [3.63, 3.8) is 0 Å². The lowest BCUT2D eigenvalue weighted by molar-refractivity contribution is 0.0782. The van der Waals surface area contributed by atoms with E-state index in [0.29, 0.717) is 5.92 Å². The first-order chi connectivity index (χ1) is 8.65. The lowest BCUT2D eigenvalue weighted by atomic mass is 9.86. The van der Waals surface area contributed by atoms with Gasteiger partial charge in [-0.25, -0.2) is 4.39 Å². The standard InChI is InChI=1S/C15H22FNO/c1-4-14-13(5-6-18-14)15(17-3)11-7-10(2)8-12(16)9-11/h7-9,13-15,17H,4-6H2,1-3H3. The van der Waals surface area contributed by atoms with Crippen LogP contribution < -0.4 is 5.32 Å². The fourth-order valence-electron chi connectivity index (χ4n) is 3.04. The summed E-state index contributed by atoms with van der Waals surface area (Å²) in [7, 11) is 1.94. The summed E-state index contributed by atoms with van der Waals surface area (Å²) in [5, 5.41) is 3.33. The highest BCUT2D eigenvalue weighted by Crippen LogP contribution is 2.35. The van der Waals surface area contributed by atoms with Gasteiger partial charge in [-0.15, -0.1) is 0 Å². The van der Waals surface area contributed by atoms with Crippen LogP contribution >= 0.6 is 0 Å². The van der Waals surface area contributed by atoms with Gasteiger partial charge in [0.25, 0.3) is 0 Å². The summed E-state index contributed by atoms with van der Waals surface area (Å²) in [4.78, 5) is 0. The van der Waals surface area contributed by atoms with Gasteiger partial charge >= 0.3 is 0 Å². The lowest BCUT2D eigenvalue weighted by Gasteiger charge is -2.27. The Kier molecular flexibility index (Phi) is 4.36. The number of benzene rings is 1. The van der Waals surface area contributed by atoms with Crippen molar-refractivity contribution in [2.75, 3.05) is 13.7 Å². The summed E-state index contributed by atoms with van der Waals surface area (Å²) in [6.45, 7) is 4.89. The first kappa shape index (κ1) is 13.5. The van der Waals surface area contributed by atoms with Crippen LogP contribution in [-0.4, -0.2) is 19.8 Å². The van der Waals surface area contributed by atoms with E-state index < -0.39 is 0 Å². The first-order valence-electron chi connectivity index (χ1n) is 6.71. The molecule has 1 fully saturated rings. The molecular weight excluding hydrogens is 229 g/mol. The highest BCUT2D eigenvalue weighted by Gasteiger charge is 2.33. The van der Waals surface area contributed by atoms with Gasteiger partial charge in [-0.2, -0.15) is 0 Å². The van der Waals surface area contributed by atoms with Gasteiger partial charge in [-0.3, -0.25) is 0 Å². The predicted octanol–water partition coefficient (Wildman–Crippen LogP) is 3.21. The number of hydrogen-bond donors (Lipinski definition) is 1. The van der Waals surface area contributed by atoms with E-state index in [0.717, 1.165) is 30.6 Å². The molecule has 1 aromatic carbocycles. The summed E-state index contributed by atoms with van der Waals surface area (Å²) >= 11 is 0. The minimum atomic E-state index is -0.155. The van der Waals surface area contributed by atoms with E-state index in [9.17, 15) is 4.39 Å². The van der Waals surface area contributed by atoms with Gasteiger partial charge < -0.3 is 10.1 Å². The van der Waals surface area contributed by atoms with E-state index in [1.54, 1.807) is 12.1 Å². The van der Waals surface area contributed by atoms with E-state index >= 15 is 0 Å². The SMILES string of the molecule is CCC1OCCC1C(NC)c1cc(C)cc(F)c1. The molecule has 0 saturated carbocycles. The molecule has 100 valence electrons. The smallest absolute Gasteiger partial charge is 0.123 e. The second-order valence-corrected chi connectivity index (χ2v) is 5.10. The van der Waals surface area contributed by atoms with E-state index in [-0.39, 0.29) is 18.0 Å². The van der Waals surface area contributed by atoms with Crippen LogP contribution in [0.5, 0.6) is 0 Å². The molecule has 0 radical (unpaired) electrons. The van der Waals surface area contributed by atoms with E-state index in [1.165, 1.54) is 0 Å². The maximum atomic E-state index is 13.5. The highest BCUT2D eigenvalue weighted by molar-refractivity contribution is 5.27. The van der Waals surface area contributed by atoms with Crippen molar-refractivity contribution in [2.45, 2.75) is 38.8 Å². The number of ether oxygens (including phenoxy) is 1. The Hall–Kier alpha value is -0.930. The molecule has 1 aliphatic rings. The molecule has 2 nitrogen and oxygen atoms in total. The van der Waals surface area contributed by atoms with Gasteiger partial charge in [0.2, 0.25) is 0 Å². The summed E-state index contributed by atoms with van der Waals surface area (Å²) in [6.07, 6.45) is 2.34. The quantitative estimate of drug-likeness (QED) is 0.887. The third kappa shape index (κ3) is 2.73. The van der Waals surface area contributed by atoms with Gasteiger partial charge in [0.05, 0.1) is 6.10 Å². The third-order valence-electron chi connectivity index (χ3n) is 3.83. The van der Waals surface area contributed by atoms with Crippen LogP contribution in [-0.2, 0) is 4.74 Å². The third-order valence-corrected chi connectivity index (χ3v) is 3.83. The van der Waals surface area contributed by atoms with Crippen molar-refractivity contribution >= 4 is 0 Å². The van der Waals surface area contributed by atoms with Crippen molar-refractivity contribution in [1.82, 2.24) is 5.32 Å². The van der Waals surface area contributed by atoms with Crippen molar-refractivity contribution in [3.05, 3.63) is 35.1 Å². The molecule has 1 heterocycles. The van der Waals surface area contributed by atoms with Crippen LogP contribution in [0.25, 0.3) is 0 Å². The van der Waals surface area contributed by atoms with E-state index in [2.05, 4.69) is 18.3 Å². The molecular formula is C15H22FNO. The summed E-state index contributed by atoms with van der Waals surface area (Å²) in [5.41, 5.74) is 2.00. The molecule has 0 aromatic heterocycles. The van der Waals surface area contributed by atoms with E-state index in [1.807, 2.05) is 14.0 Å². The molecule has 3 heteroatoms. The monoisotopic (exact) mass is 251 g/mol. The van der Waals surface area contributed by atoms with Crippen LogP contribution in [0.2, 0.25) is 0 Å². The molecule has 0 bridgehead atoms. The van der Waals surface area contributed by atoms with E-state index in [4.69, 9.17) is 4.74 Å². The van der Waals surface area contributed by atoms with Gasteiger partial charge in [0.1, 0.15) is 5.82 Å². The van der Waals surface area contributed by atoms with Crippen molar-refractivity contribution < 1.29 is 9.13 Å². The number of halogens is 1. The average Bonchev–Trinajstić information content (AvgIpc) is 2.77. The largest absolute Gasteiger partial charge is 0.378 e. The van der Waals surface area contributed by atoms with Crippen molar-refractivity contribution in [1.29, 1.82) is 0 Å². The number of rotatable bonds is 4. The maximum Gasteiger partial charge on any atom is 0.123 e. The highest BCUT2D eigenvalue weighted by atomic mass is 19.1. The number of hydrogen-bond acceptors (Lipinski definition) is 2. The molecule has 1 aromatic rings. The zero-order valence-electron chi connectivity index (χ0n) is 11.4. The molecule has 1 N–H and O–H groups in total. The molecule has 0 amide bonds. The Bertz CT molecular complexity index is 387. The summed E-state index contributed by atoms with van der Waals surface area (Å²) in [5.74, 6) is 0.276. The van der Waals surface area contributed by atoms with Crippen LogP contribution in [0.1, 0.15) is 36.9 Å². The molecule has 1 aliphatic heterocycles. The Balaban J connectivity index is 2.27. The van der Waals surface area contributed by atoms with Gasteiger partial charge in [-0.1, -0.05) is 13.0 Å². The molecule has 2 rings (SSSR count). The van der Waals surface area contributed by atoms with Crippen LogP contribution in [0.15, 0.2) is 18.2 Å². The molecule has 0 aliphatic carbocycles. The second-order valence-electron chi connectivity index (χ2n) is 5.10. The average molecular weight is 251 g/mol. The van der Waals surface area contributed by atoms with Crippen LogP contribution in [0.3, 0.4) is 0 Å². The zero-order chi connectivity index (χ0) is 13.1. The van der Waals surface area contributed by atoms with Gasteiger partial charge in [0.15, 0.2) is 0 Å². The van der Waals surface area contributed by atoms with Gasteiger partial charge in [-0.05, 0) is 50.1 Å². The first-order valence-corrected chi connectivity index (χ1v) is 6.71. The number of nitrogens with one attached hydrogen (secondary N) is 1. The maximum absolute atomic E-state index is 13.5. The lowest BCUT2D eigenvalue weighted by Crippen LogP contribution is -2.30. The summed E-state index contributed by atoms with van der Waals surface area (Å²) in [6, 6.07) is 5.44. The minimum Gasteiger partial charge on any atom is -0.378 e. The summed E-state index contributed by atoms with van der Waals surface area (Å²) < 4.78 is 19.3. The van der Waals surface area contributed by atoms with Crippen molar-refractivity contribution in [3.8, 4) is 0 Å². The normalized spacial score (nSPS) is 25.3. The molecule has 18 heavy (non-hydrogen) atoms. The Morgan fingerprint density at radius 3 is 2.83 bits per heavy atom. The molecule has 3 atom stereocenters. The fraction of sp³-hybridized carbons (Fsp3) is 0.600. The second kappa shape index (κ2) is 5.81. The molecule has 1 saturated heterocycles. The van der Waals surface area contributed by atoms with Crippen LogP contribution in [0, 0.1) is 18.7 Å². The van der Waals surface area contributed by atoms with Crippen LogP contribution in [0.4, 0.5) is 4.39 Å². The Morgan fingerprint density at radius 2 is 2.22 bits per heavy atom. The van der Waals surface area contributed by atoms with Crippen molar-refractivity contribution in [2.24, 2.45) is 5.92 Å².